The lowest BCUT2D eigenvalue weighted by Gasteiger charge is -2.10. The third-order valence-electron chi connectivity index (χ3n) is 3.36. The molecule has 0 saturated heterocycles. The van der Waals surface area contributed by atoms with E-state index < -0.39 is 0 Å². The molecule has 0 spiro atoms. The van der Waals surface area contributed by atoms with Crippen molar-refractivity contribution in [1.82, 2.24) is 9.55 Å². The van der Waals surface area contributed by atoms with E-state index in [1.165, 1.54) is 0 Å². The van der Waals surface area contributed by atoms with Gasteiger partial charge in [0.2, 0.25) is 0 Å². The van der Waals surface area contributed by atoms with E-state index in [1.54, 1.807) is 7.11 Å². The molecule has 2 rings (SSSR count). The molecule has 20 heavy (non-hydrogen) atoms. The summed E-state index contributed by atoms with van der Waals surface area (Å²) in [5.41, 5.74) is 8.10. The van der Waals surface area contributed by atoms with Crippen LogP contribution in [0.4, 0.5) is 5.82 Å². The van der Waals surface area contributed by atoms with Gasteiger partial charge >= 0.3 is 0 Å². The van der Waals surface area contributed by atoms with Gasteiger partial charge in [0.15, 0.2) is 0 Å². The van der Waals surface area contributed by atoms with Gasteiger partial charge in [-0.1, -0.05) is 32.9 Å². The van der Waals surface area contributed by atoms with Crippen LogP contribution in [0.2, 0.25) is 0 Å². The molecule has 0 aliphatic heterocycles. The average molecular weight is 273 g/mol. The van der Waals surface area contributed by atoms with Gasteiger partial charge in [0, 0.05) is 18.0 Å². The van der Waals surface area contributed by atoms with E-state index in [9.17, 15) is 0 Å². The highest BCUT2D eigenvalue weighted by molar-refractivity contribution is 5.76. The van der Waals surface area contributed by atoms with Gasteiger partial charge < -0.3 is 15.0 Å². The minimum atomic E-state index is 0.340. The number of nitrogens with two attached hydrogens (primary N) is 1. The lowest BCUT2D eigenvalue weighted by Crippen LogP contribution is -2.08. The first-order valence-electron chi connectivity index (χ1n) is 7.09. The molecule has 0 amide bonds. The number of hydrogen-bond donors (Lipinski definition) is 1. The van der Waals surface area contributed by atoms with Gasteiger partial charge in [-0.3, -0.25) is 0 Å². The predicted octanol–water partition coefficient (Wildman–Crippen LogP) is 3.67. The summed E-state index contributed by atoms with van der Waals surface area (Å²) in [5.74, 6) is 2.90. The van der Waals surface area contributed by atoms with E-state index in [2.05, 4.69) is 25.3 Å². The number of imidazole rings is 1. The monoisotopic (exact) mass is 273 g/mol. The van der Waals surface area contributed by atoms with Crippen molar-refractivity contribution in [3.8, 4) is 17.0 Å². The molecule has 0 unspecified atom stereocenters. The molecule has 0 saturated carbocycles. The van der Waals surface area contributed by atoms with E-state index in [-0.39, 0.29) is 0 Å². The van der Waals surface area contributed by atoms with Crippen molar-refractivity contribution in [3.63, 3.8) is 0 Å². The number of rotatable bonds is 5. The number of aromatic nitrogens is 2. The number of nitrogen functional groups attached to an aromatic ring is 1. The molecule has 0 radical (unpaired) electrons. The third-order valence-corrected chi connectivity index (χ3v) is 3.36. The van der Waals surface area contributed by atoms with Crippen LogP contribution in [0.5, 0.6) is 5.75 Å². The van der Waals surface area contributed by atoms with Crippen molar-refractivity contribution >= 4 is 5.82 Å². The molecule has 2 aromatic rings. The maximum atomic E-state index is 6.33. The zero-order valence-electron chi connectivity index (χ0n) is 12.7. The fourth-order valence-electron chi connectivity index (χ4n) is 2.42. The summed E-state index contributed by atoms with van der Waals surface area (Å²) in [4.78, 5) is 4.76. The minimum absolute atomic E-state index is 0.340. The number of anilines is 1. The zero-order chi connectivity index (χ0) is 14.7. The first kappa shape index (κ1) is 14.4. The zero-order valence-corrected chi connectivity index (χ0v) is 12.7. The van der Waals surface area contributed by atoms with Crippen molar-refractivity contribution in [1.29, 1.82) is 0 Å². The number of ether oxygens (including phenoxy) is 1. The summed E-state index contributed by atoms with van der Waals surface area (Å²) < 4.78 is 7.54. The molecule has 4 heteroatoms. The lowest BCUT2D eigenvalue weighted by atomic mass is 10.1. The maximum absolute atomic E-state index is 6.33. The summed E-state index contributed by atoms with van der Waals surface area (Å²) in [5, 5.41) is 0. The first-order chi connectivity index (χ1) is 9.60. The average Bonchev–Trinajstić information content (AvgIpc) is 2.77. The summed E-state index contributed by atoms with van der Waals surface area (Å²) in [7, 11) is 1.67. The van der Waals surface area contributed by atoms with E-state index in [4.69, 9.17) is 15.5 Å². The van der Waals surface area contributed by atoms with Crippen molar-refractivity contribution in [2.75, 3.05) is 12.8 Å². The molecule has 0 bridgehead atoms. The van der Waals surface area contributed by atoms with Crippen molar-refractivity contribution < 1.29 is 4.74 Å². The summed E-state index contributed by atoms with van der Waals surface area (Å²) in [6.07, 6.45) is 1.03. The molecular formula is C16H23N3O. The van der Waals surface area contributed by atoms with Crippen molar-refractivity contribution in [3.05, 3.63) is 30.1 Å². The van der Waals surface area contributed by atoms with Gasteiger partial charge in [-0.2, -0.15) is 0 Å². The van der Waals surface area contributed by atoms with Crippen LogP contribution in [-0.4, -0.2) is 16.7 Å². The molecule has 0 aliphatic rings. The molecule has 1 aromatic heterocycles. The van der Waals surface area contributed by atoms with Crippen LogP contribution in [0.25, 0.3) is 11.3 Å². The molecule has 0 aliphatic carbocycles. The number of methoxy groups -OCH3 is 1. The second-order valence-electron chi connectivity index (χ2n) is 5.21. The van der Waals surface area contributed by atoms with Gasteiger partial charge in [-0.05, 0) is 18.6 Å². The number of para-hydroxylation sites is 1. The molecule has 4 nitrogen and oxygen atoms in total. The quantitative estimate of drug-likeness (QED) is 0.904. The van der Waals surface area contributed by atoms with Crippen LogP contribution in [-0.2, 0) is 6.54 Å². The SMILES string of the molecule is CCCn1c(C(C)C)nc(-c2ccccc2OC)c1N. The fraction of sp³-hybridized carbons (Fsp3) is 0.438. The topological polar surface area (TPSA) is 53.1 Å². The molecule has 0 atom stereocenters. The Bertz CT molecular complexity index is 587. The molecular weight excluding hydrogens is 250 g/mol. The van der Waals surface area contributed by atoms with Crippen molar-refractivity contribution in [2.24, 2.45) is 0 Å². The second kappa shape index (κ2) is 5.99. The lowest BCUT2D eigenvalue weighted by molar-refractivity contribution is 0.416. The Morgan fingerprint density at radius 2 is 2.00 bits per heavy atom. The fourth-order valence-corrected chi connectivity index (χ4v) is 2.42. The molecule has 1 heterocycles. The third kappa shape index (κ3) is 2.50. The van der Waals surface area contributed by atoms with Crippen LogP contribution in [0.1, 0.15) is 38.9 Å². The van der Waals surface area contributed by atoms with Crippen LogP contribution in [0.3, 0.4) is 0 Å². The Labute approximate surface area is 120 Å². The highest BCUT2D eigenvalue weighted by atomic mass is 16.5. The maximum Gasteiger partial charge on any atom is 0.131 e. The van der Waals surface area contributed by atoms with Gasteiger partial charge in [0.1, 0.15) is 23.1 Å². The predicted molar refractivity (Wildman–Crippen MR) is 83.0 cm³/mol. The van der Waals surface area contributed by atoms with Crippen LogP contribution >= 0.6 is 0 Å². The van der Waals surface area contributed by atoms with Crippen LogP contribution < -0.4 is 10.5 Å². The largest absolute Gasteiger partial charge is 0.496 e. The Morgan fingerprint density at radius 3 is 2.60 bits per heavy atom. The number of benzene rings is 1. The van der Waals surface area contributed by atoms with Crippen LogP contribution in [0, 0.1) is 0 Å². The first-order valence-corrected chi connectivity index (χ1v) is 7.09. The standard InChI is InChI=1S/C16H23N3O/c1-5-10-19-15(17)14(18-16(19)11(2)3)12-8-6-7-9-13(12)20-4/h6-9,11H,5,10,17H2,1-4H3. The van der Waals surface area contributed by atoms with Gasteiger partial charge in [0.05, 0.1) is 7.11 Å². The Balaban J connectivity index is 2.60. The Morgan fingerprint density at radius 1 is 1.30 bits per heavy atom. The molecule has 1 aromatic carbocycles. The number of nitrogens with zero attached hydrogens (tertiary/aromatic N) is 2. The summed E-state index contributed by atoms with van der Waals surface area (Å²) in [6.45, 7) is 7.31. The van der Waals surface area contributed by atoms with E-state index >= 15 is 0 Å². The Kier molecular flexibility index (Phi) is 4.32. The van der Waals surface area contributed by atoms with E-state index in [0.717, 1.165) is 41.6 Å². The highest BCUT2D eigenvalue weighted by Crippen LogP contribution is 2.35. The minimum Gasteiger partial charge on any atom is -0.496 e. The van der Waals surface area contributed by atoms with Gasteiger partial charge in [-0.25, -0.2) is 4.98 Å². The van der Waals surface area contributed by atoms with Gasteiger partial charge in [0.25, 0.3) is 0 Å². The Hall–Kier alpha value is -1.97. The normalized spacial score (nSPS) is 11.1. The summed E-state index contributed by atoms with van der Waals surface area (Å²) >= 11 is 0. The molecule has 108 valence electrons. The van der Waals surface area contributed by atoms with E-state index in [1.807, 2.05) is 24.3 Å². The molecule has 0 fully saturated rings. The highest BCUT2D eigenvalue weighted by Gasteiger charge is 2.19. The van der Waals surface area contributed by atoms with Crippen LogP contribution in [0.15, 0.2) is 24.3 Å². The van der Waals surface area contributed by atoms with Gasteiger partial charge in [-0.15, -0.1) is 0 Å². The second-order valence-corrected chi connectivity index (χ2v) is 5.21. The molecule has 2 N–H and O–H groups in total. The van der Waals surface area contributed by atoms with E-state index in [0.29, 0.717) is 5.92 Å². The number of hydrogen-bond acceptors (Lipinski definition) is 3. The smallest absolute Gasteiger partial charge is 0.131 e. The summed E-state index contributed by atoms with van der Waals surface area (Å²) in [6, 6.07) is 7.86. The van der Waals surface area contributed by atoms with Crippen molar-refractivity contribution in [2.45, 2.75) is 39.7 Å².